The van der Waals surface area contributed by atoms with Crippen LogP contribution in [-0.2, 0) is 4.79 Å². The Morgan fingerprint density at radius 1 is 1.20 bits per heavy atom. The molecular formula is C21H31F2IN4O2. The molecule has 9 heteroatoms. The molecule has 1 aliphatic carbocycles. The fourth-order valence-electron chi connectivity index (χ4n) is 3.98. The zero-order valence-electron chi connectivity index (χ0n) is 17.3. The van der Waals surface area contributed by atoms with Crippen LogP contribution < -0.4 is 15.4 Å². The van der Waals surface area contributed by atoms with E-state index in [2.05, 4.69) is 15.6 Å². The Kier molecular flexibility index (Phi) is 10.1. The summed E-state index contributed by atoms with van der Waals surface area (Å²) in [6.45, 7) is 2.21. The number of halogens is 3. The summed E-state index contributed by atoms with van der Waals surface area (Å²) in [5, 5.41) is 6.49. The number of benzene rings is 1. The van der Waals surface area contributed by atoms with Crippen LogP contribution in [0.1, 0.15) is 38.5 Å². The molecule has 1 amide bonds. The highest BCUT2D eigenvalue weighted by Gasteiger charge is 2.31. The second-order valence-corrected chi connectivity index (χ2v) is 7.67. The van der Waals surface area contributed by atoms with Crippen molar-refractivity contribution in [2.45, 2.75) is 44.6 Å². The van der Waals surface area contributed by atoms with Crippen molar-refractivity contribution in [3.05, 3.63) is 29.8 Å². The maximum Gasteiger partial charge on any atom is 0.225 e. The van der Waals surface area contributed by atoms with E-state index in [0.29, 0.717) is 25.0 Å². The molecule has 2 aliphatic rings. The van der Waals surface area contributed by atoms with Gasteiger partial charge in [0.25, 0.3) is 0 Å². The normalized spacial score (nSPS) is 19.9. The van der Waals surface area contributed by atoms with Crippen LogP contribution >= 0.6 is 24.0 Å². The standard InChI is InChI=1S/C21H30F2N4O2.HI/c1-24-21(25-10-12-29-17-7-8-18(22)19(23)13-17)26-16-9-11-27(14-16)20(28)15-5-3-2-4-6-15;/h7-8,13,15-16H,2-6,9-12,14H2,1H3,(H2,24,25,26);1H. The van der Waals surface area contributed by atoms with Gasteiger partial charge in [-0.2, -0.15) is 0 Å². The van der Waals surface area contributed by atoms with Crippen molar-refractivity contribution >= 4 is 35.8 Å². The van der Waals surface area contributed by atoms with Crippen LogP contribution in [0.25, 0.3) is 0 Å². The minimum Gasteiger partial charge on any atom is -0.492 e. The molecule has 1 atom stereocenters. The van der Waals surface area contributed by atoms with Crippen molar-refractivity contribution < 1.29 is 18.3 Å². The summed E-state index contributed by atoms with van der Waals surface area (Å²) in [5.74, 6) is -0.406. The third-order valence-corrected chi connectivity index (χ3v) is 5.57. The number of amides is 1. The Hall–Kier alpha value is -1.65. The van der Waals surface area contributed by atoms with Gasteiger partial charge in [-0.1, -0.05) is 19.3 Å². The fourth-order valence-corrected chi connectivity index (χ4v) is 3.98. The number of hydrogen-bond donors (Lipinski definition) is 2. The van der Waals surface area contributed by atoms with E-state index in [1.807, 2.05) is 4.90 Å². The predicted octanol–water partition coefficient (Wildman–Crippen LogP) is 3.31. The minimum absolute atomic E-state index is 0. The van der Waals surface area contributed by atoms with Gasteiger partial charge in [0, 0.05) is 38.2 Å². The van der Waals surface area contributed by atoms with Gasteiger partial charge in [0.15, 0.2) is 17.6 Å². The molecule has 6 nitrogen and oxygen atoms in total. The van der Waals surface area contributed by atoms with Gasteiger partial charge in [0.1, 0.15) is 12.4 Å². The molecule has 0 bridgehead atoms. The van der Waals surface area contributed by atoms with Crippen LogP contribution in [-0.4, -0.2) is 56.1 Å². The molecule has 0 aromatic heterocycles. The van der Waals surface area contributed by atoms with Gasteiger partial charge < -0.3 is 20.3 Å². The largest absolute Gasteiger partial charge is 0.492 e. The summed E-state index contributed by atoms with van der Waals surface area (Å²) >= 11 is 0. The Morgan fingerprint density at radius 2 is 1.97 bits per heavy atom. The van der Waals surface area contributed by atoms with Crippen LogP contribution in [0.15, 0.2) is 23.2 Å². The van der Waals surface area contributed by atoms with Crippen molar-refractivity contribution in [2.75, 3.05) is 33.3 Å². The maximum absolute atomic E-state index is 13.2. The lowest BCUT2D eigenvalue weighted by Crippen LogP contribution is -2.46. The topological polar surface area (TPSA) is 66.0 Å². The van der Waals surface area contributed by atoms with Crippen LogP contribution in [0.4, 0.5) is 8.78 Å². The lowest BCUT2D eigenvalue weighted by molar-refractivity contribution is -0.135. The molecule has 1 unspecified atom stereocenters. The second kappa shape index (κ2) is 12.3. The molecule has 0 radical (unpaired) electrons. The molecule has 2 N–H and O–H groups in total. The SMILES string of the molecule is CN=C(NCCOc1ccc(F)c(F)c1)NC1CCN(C(=O)C2CCCCC2)C1.I. The quantitative estimate of drug-likeness (QED) is 0.254. The average Bonchev–Trinajstić information content (AvgIpc) is 3.21. The summed E-state index contributed by atoms with van der Waals surface area (Å²) in [6.07, 6.45) is 6.51. The summed E-state index contributed by atoms with van der Waals surface area (Å²) in [5.41, 5.74) is 0. The lowest BCUT2D eigenvalue weighted by Gasteiger charge is -2.26. The second-order valence-electron chi connectivity index (χ2n) is 7.67. The summed E-state index contributed by atoms with van der Waals surface area (Å²) in [6, 6.07) is 3.63. The Labute approximate surface area is 193 Å². The minimum atomic E-state index is -0.929. The molecule has 1 saturated heterocycles. The molecule has 2 fully saturated rings. The van der Waals surface area contributed by atoms with E-state index < -0.39 is 11.6 Å². The molecule has 0 spiro atoms. The predicted molar refractivity (Wildman–Crippen MR) is 123 cm³/mol. The first kappa shape index (κ1) is 24.6. The third-order valence-electron chi connectivity index (χ3n) is 5.57. The number of likely N-dealkylation sites (tertiary alicyclic amines) is 1. The molecule has 3 rings (SSSR count). The summed E-state index contributed by atoms with van der Waals surface area (Å²) in [4.78, 5) is 18.9. The number of nitrogens with zero attached hydrogens (tertiary/aromatic N) is 2. The van der Waals surface area contributed by atoms with Crippen molar-refractivity contribution in [2.24, 2.45) is 10.9 Å². The monoisotopic (exact) mass is 536 g/mol. The average molecular weight is 536 g/mol. The van der Waals surface area contributed by atoms with E-state index in [1.165, 1.54) is 12.5 Å². The van der Waals surface area contributed by atoms with Gasteiger partial charge in [-0.15, -0.1) is 24.0 Å². The number of rotatable bonds is 6. The van der Waals surface area contributed by atoms with Crippen molar-refractivity contribution in [1.82, 2.24) is 15.5 Å². The van der Waals surface area contributed by atoms with Crippen molar-refractivity contribution in [3.8, 4) is 5.75 Å². The summed E-state index contributed by atoms with van der Waals surface area (Å²) in [7, 11) is 1.69. The van der Waals surface area contributed by atoms with Gasteiger partial charge in [0.2, 0.25) is 5.91 Å². The number of carbonyl (C=O) groups is 1. The molecule has 30 heavy (non-hydrogen) atoms. The molecule has 1 heterocycles. The Balaban J connectivity index is 0.00000320. The van der Waals surface area contributed by atoms with Gasteiger partial charge in [-0.3, -0.25) is 9.79 Å². The molecule has 1 saturated carbocycles. The van der Waals surface area contributed by atoms with E-state index in [9.17, 15) is 13.6 Å². The molecular weight excluding hydrogens is 505 g/mol. The highest BCUT2D eigenvalue weighted by molar-refractivity contribution is 14.0. The first-order valence-corrected chi connectivity index (χ1v) is 10.4. The first-order valence-electron chi connectivity index (χ1n) is 10.4. The van der Waals surface area contributed by atoms with E-state index >= 15 is 0 Å². The van der Waals surface area contributed by atoms with E-state index in [1.54, 1.807) is 7.05 Å². The van der Waals surface area contributed by atoms with Gasteiger partial charge in [-0.25, -0.2) is 8.78 Å². The maximum atomic E-state index is 13.2. The van der Waals surface area contributed by atoms with Gasteiger partial charge in [-0.05, 0) is 31.4 Å². The summed E-state index contributed by atoms with van der Waals surface area (Å²) < 4.78 is 31.5. The van der Waals surface area contributed by atoms with Crippen LogP contribution in [0.3, 0.4) is 0 Å². The molecule has 1 aromatic rings. The third kappa shape index (κ3) is 6.95. The van der Waals surface area contributed by atoms with E-state index in [4.69, 9.17) is 4.74 Å². The number of ether oxygens (including phenoxy) is 1. The Bertz CT molecular complexity index is 729. The van der Waals surface area contributed by atoms with Crippen molar-refractivity contribution in [1.29, 1.82) is 0 Å². The highest BCUT2D eigenvalue weighted by Crippen LogP contribution is 2.26. The molecule has 1 aromatic carbocycles. The van der Waals surface area contributed by atoms with Crippen molar-refractivity contribution in [3.63, 3.8) is 0 Å². The number of guanidine groups is 1. The highest BCUT2D eigenvalue weighted by atomic mass is 127. The van der Waals surface area contributed by atoms with Gasteiger partial charge >= 0.3 is 0 Å². The molecule has 1 aliphatic heterocycles. The first-order chi connectivity index (χ1) is 14.1. The number of carbonyl (C=O) groups excluding carboxylic acids is 1. The number of nitrogens with one attached hydrogen (secondary N) is 2. The lowest BCUT2D eigenvalue weighted by atomic mass is 9.88. The van der Waals surface area contributed by atoms with E-state index in [0.717, 1.165) is 50.8 Å². The van der Waals surface area contributed by atoms with Crippen LogP contribution in [0.2, 0.25) is 0 Å². The fraction of sp³-hybridized carbons (Fsp3) is 0.619. The van der Waals surface area contributed by atoms with Gasteiger partial charge in [0.05, 0.1) is 6.54 Å². The van der Waals surface area contributed by atoms with Crippen LogP contribution in [0, 0.1) is 17.6 Å². The number of hydrogen-bond acceptors (Lipinski definition) is 3. The smallest absolute Gasteiger partial charge is 0.225 e. The number of aliphatic imine (C=N–C) groups is 1. The molecule has 168 valence electrons. The van der Waals surface area contributed by atoms with Crippen LogP contribution in [0.5, 0.6) is 5.75 Å². The Morgan fingerprint density at radius 3 is 2.67 bits per heavy atom. The zero-order chi connectivity index (χ0) is 20.6. The zero-order valence-corrected chi connectivity index (χ0v) is 19.7. The van der Waals surface area contributed by atoms with E-state index in [-0.39, 0.29) is 48.3 Å².